The van der Waals surface area contributed by atoms with E-state index >= 15 is 0 Å². The van der Waals surface area contributed by atoms with E-state index in [1.807, 2.05) is 30.3 Å². The van der Waals surface area contributed by atoms with Crippen molar-refractivity contribution < 1.29 is 0 Å². The minimum atomic E-state index is 0.612. The van der Waals surface area contributed by atoms with Crippen LogP contribution in [0.4, 0.5) is 0 Å². The monoisotopic (exact) mass is 395 g/mol. The Balaban J connectivity index is 0.000000694. The number of halogens is 1. The van der Waals surface area contributed by atoms with Gasteiger partial charge in [0.05, 0.1) is 0 Å². The zero-order chi connectivity index (χ0) is 20.0. The molecule has 0 radical (unpaired) electrons. The van der Waals surface area contributed by atoms with Gasteiger partial charge in [-0.1, -0.05) is 121 Å². The summed E-state index contributed by atoms with van der Waals surface area (Å²) in [5.41, 5.74) is 1.18. The van der Waals surface area contributed by atoms with Crippen molar-refractivity contribution in [2.24, 2.45) is 0 Å². The lowest BCUT2D eigenvalue weighted by Gasteiger charge is -2.08. The molecule has 0 aromatic heterocycles. The second-order valence-corrected chi connectivity index (χ2v) is 8.29. The van der Waals surface area contributed by atoms with Crippen LogP contribution in [0.3, 0.4) is 0 Å². The number of alkyl halides is 1. The molecule has 27 heavy (non-hydrogen) atoms. The van der Waals surface area contributed by atoms with Crippen molar-refractivity contribution in [2.45, 2.75) is 103 Å². The highest BCUT2D eigenvalue weighted by Gasteiger charge is 1.94. The number of hydrogen-bond acceptors (Lipinski definition) is 1. The Bertz CT molecular complexity index is 377. The Hall–Kier alpha value is -0.530. The number of unbranched alkanes of at least 4 members (excludes halogenated alkanes) is 13. The van der Waals surface area contributed by atoms with E-state index in [2.05, 4.69) is 25.9 Å². The van der Waals surface area contributed by atoms with Crippen LogP contribution in [-0.2, 0) is 5.88 Å². The lowest BCUT2D eigenvalue weighted by atomic mass is 10.0. The molecule has 1 aromatic rings. The molecule has 0 unspecified atom stereocenters. The van der Waals surface area contributed by atoms with Gasteiger partial charge in [0.15, 0.2) is 0 Å². The van der Waals surface area contributed by atoms with Crippen LogP contribution in [0.1, 0.15) is 102 Å². The summed E-state index contributed by atoms with van der Waals surface area (Å²) in [6.45, 7) is 3.55. The summed E-state index contributed by atoms with van der Waals surface area (Å²) in [7, 11) is 4.34. The summed E-state index contributed by atoms with van der Waals surface area (Å²) < 4.78 is 0. The van der Waals surface area contributed by atoms with Gasteiger partial charge in [-0.15, -0.1) is 11.6 Å². The molecule has 2 heteroatoms. The fraction of sp³-hybridized carbons (Fsp3) is 0.760. The first kappa shape index (κ1) is 26.5. The van der Waals surface area contributed by atoms with Crippen molar-refractivity contribution in [3.05, 3.63) is 35.9 Å². The van der Waals surface area contributed by atoms with Gasteiger partial charge in [-0.25, -0.2) is 0 Å². The predicted molar refractivity (Wildman–Crippen MR) is 125 cm³/mol. The lowest BCUT2D eigenvalue weighted by Crippen LogP contribution is -2.12. The minimum Gasteiger partial charge on any atom is -0.309 e. The number of rotatable bonds is 16. The normalized spacial score (nSPS) is 10.7. The molecule has 0 amide bonds. The topological polar surface area (TPSA) is 3.24 Å². The summed E-state index contributed by atoms with van der Waals surface area (Å²) >= 11 is 5.53. The van der Waals surface area contributed by atoms with Gasteiger partial charge >= 0.3 is 0 Å². The van der Waals surface area contributed by atoms with Crippen molar-refractivity contribution in [3.8, 4) is 0 Å². The maximum absolute atomic E-state index is 5.53. The van der Waals surface area contributed by atoms with Crippen molar-refractivity contribution in [1.29, 1.82) is 0 Å². The Labute approximate surface area is 175 Å². The molecule has 0 heterocycles. The zero-order valence-electron chi connectivity index (χ0n) is 18.5. The van der Waals surface area contributed by atoms with Crippen LogP contribution >= 0.6 is 11.6 Å². The molecule has 0 N–H and O–H groups in total. The van der Waals surface area contributed by atoms with Crippen LogP contribution in [0, 0.1) is 0 Å². The van der Waals surface area contributed by atoms with Gasteiger partial charge in [0.2, 0.25) is 0 Å². The molecule has 0 aliphatic rings. The van der Waals surface area contributed by atoms with Crippen LogP contribution in [0.15, 0.2) is 30.3 Å². The standard InChI is InChI=1S/C18H39N.C7H7Cl/c1-4-5-6-7-8-9-10-11-12-13-14-15-16-17-18-19(2)3;8-6-7-4-2-1-3-5-7/h4-18H2,1-3H3;1-5H,6H2. The van der Waals surface area contributed by atoms with Crippen LogP contribution in [0.5, 0.6) is 0 Å². The summed E-state index contributed by atoms with van der Waals surface area (Å²) in [5, 5.41) is 0. The van der Waals surface area contributed by atoms with Gasteiger partial charge in [0.25, 0.3) is 0 Å². The first-order valence-corrected chi connectivity index (χ1v) is 12.0. The molecule has 158 valence electrons. The highest BCUT2D eigenvalue weighted by Crippen LogP contribution is 2.12. The third-order valence-electron chi connectivity index (χ3n) is 4.96. The molecule has 1 aromatic carbocycles. The molecule has 0 atom stereocenters. The Morgan fingerprint density at radius 3 is 1.37 bits per heavy atom. The van der Waals surface area contributed by atoms with E-state index in [1.165, 1.54) is 102 Å². The Morgan fingerprint density at radius 2 is 1.04 bits per heavy atom. The van der Waals surface area contributed by atoms with Gasteiger partial charge in [0, 0.05) is 5.88 Å². The van der Waals surface area contributed by atoms with E-state index in [1.54, 1.807) is 0 Å². The summed E-state index contributed by atoms with van der Waals surface area (Å²) in [6.07, 6.45) is 20.3. The summed E-state index contributed by atoms with van der Waals surface area (Å²) in [4.78, 5) is 2.29. The Kier molecular flexibility index (Phi) is 21.3. The lowest BCUT2D eigenvalue weighted by molar-refractivity contribution is 0.389. The second-order valence-electron chi connectivity index (χ2n) is 8.02. The third kappa shape index (κ3) is 21.6. The predicted octanol–water partition coefficient (Wildman–Crippen LogP) is 8.45. The molecule has 0 saturated heterocycles. The molecular formula is C25H46ClN. The molecule has 0 fully saturated rings. The van der Waals surface area contributed by atoms with Crippen LogP contribution in [-0.4, -0.2) is 25.5 Å². The Morgan fingerprint density at radius 1 is 0.630 bits per heavy atom. The second kappa shape index (κ2) is 21.8. The van der Waals surface area contributed by atoms with Gasteiger partial charge in [-0.3, -0.25) is 0 Å². The van der Waals surface area contributed by atoms with E-state index < -0.39 is 0 Å². The largest absolute Gasteiger partial charge is 0.309 e. The maximum Gasteiger partial charge on any atom is 0.0474 e. The van der Waals surface area contributed by atoms with Crippen LogP contribution in [0.2, 0.25) is 0 Å². The molecule has 0 spiro atoms. The van der Waals surface area contributed by atoms with Crippen molar-refractivity contribution in [1.82, 2.24) is 4.90 Å². The quantitative estimate of drug-likeness (QED) is 0.200. The van der Waals surface area contributed by atoms with Crippen LogP contribution in [0.25, 0.3) is 0 Å². The van der Waals surface area contributed by atoms with Gasteiger partial charge in [0.1, 0.15) is 0 Å². The molecular weight excluding hydrogens is 350 g/mol. The SMILES string of the molecule is CCCCCCCCCCCCCCCCN(C)C.ClCc1ccccc1. The third-order valence-corrected chi connectivity index (χ3v) is 5.26. The van der Waals surface area contributed by atoms with Crippen molar-refractivity contribution >= 4 is 11.6 Å². The number of nitrogens with zero attached hydrogens (tertiary/aromatic N) is 1. The smallest absolute Gasteiger partial charge is 0.0474 e. The fourth-order valence-corrected chi connectivity index (χ4v) is 3.37. The van der Waals surface area contributed by atoms with Gasteiger partial charge in [-0.05, 0) is 32.6 Å². The van der Waals surface area contributed by atoms with Gasteiger partial charge in [-0.2, -0.15) is 0 Å². The minimum absolute atomic E-state index is 0.612. The fourth-order valence-electron chi connectivity index (χ4n) is 3.19. The summed E-state index contributed by atoms with van der Waals surface area (Å²) in [5.74, 6) is 0.612. The van der Waals surface area contributed by atoms with Gasteiger partial charge < -0.3 is 4.90 Å². The average Bonchev–Trinajstić information content (AvgIpc) is 2.69. The zero-order valence-corrected chi connectivity index (χ0v) is 19.3. The first-order chi connectivity index (χ1) is 13.2. The van der Waals surface area contributed by atoms with Crippen molar-refractivity contribution in [2.75, 3.05) is 20.6 Å². The molecule has 0 aliphatic heterocycles. The highest BCUT2D eigenvalue weighted by molar-refractivity contribution is 6.17. The van der Waals surface area contributed by atoms with E-state index in [0.29, 0.717) is 5.88 Å². The molecule has 0 saturated carbocycles. The number of hydrogen-bond donors (Lipinski definition) is 0. The average molecular weight is 396 g/mol. The van der Waals surface area contributed by atoms with E-state index in [4.69, 9.17) is 11.6 Å². The molecule has 0 aliphatic carbocycles. The molecule has 1 rings (SSSR count). The first-order valence-electron chi connectivity index (χ1n) is 11.4. The van der Waals surface area contributed by atoms with Crippen LogP contribution < -0.4 is 0 Å². The van der Waals surface area contributed by atoms with Crippen molar-refractivity contribution in [3.63, 3.8) is 0 Å². The number of benzene rings is 1. The maximum atomic E-state index is 5.53. The molecule has 1 nitrogen and oxygen atoms in total. The summed E-state index contributed by atoms with van der Waals surface area (Å²) in [6, 6.07) is 9.96. The van der Waals surface area contributed by atoms with E-state index in [9.17, 15) is 0 Å². The highest BCUT2D eigenvalue weighted by atomic mass is 35.5. The molecule has 0 bridgehead atoms. The van der Waals surface area contributed by atoms with E-state index in [0.717, 1.165) is 0 Å². The van der Waals surface area contributed by atoms with E-state index in [-0.39, 0.29) is 0 Å².